The zero-order valence-electron chi connectivity index (χ0n) is 18.1. The fourth-order valence-corrected chi connectivity index (χ4v) is 3.21. The standard InChI is InChI=1S/C24H28N2O5/c1-4-17-6-9-20(10-7-17)30-15-24(28)26-25-23(27)11-8-18-13-22-19(12-16(3)31-22)14-21(18)29-5-2/h6-11,13-14,16H,4-5,12,15H2,1-3H3,(H,25,27)(H,26,28)/b11-8+/t16-/m0/s1. The molecule has 2 aromatic carbocycles. The summed E-state index contributed by atoms with van der Waals surface area (Å²) in [5.41, 5.74) is 7.68. The molecule has 2 amide bonds. The van der Waals surface area contributed by atoms with E-state index < -0.39 is 11.8 Å². The number of amides is 2. The fourth-order valence-electron chi connectivity index (χ4n) is 3.21. The van der Waals surface area contributed by atoms with Gasteiger partial charge in [0.15, 0.2) is 6.61 Å². The van der Waals surface area contributed by atoms with Gasteiger partial charge in [0.1, 0.15) is 23.4 Å². The molecule has 2 N–H and O–H groups in total. The summed E-state index contributed by atoms with van der Waals surface area (Å²) in [6.45, 7) is 6.29. The number of carbonyl (C=O) groups is 2. The van der Waals surface area contributed by atoms with Crippen LogP contribution in [0.5, 0.6) is 17.2 Å². The summed E-state index contributed by atoms with van der Waals surface area (Å²) in [7, 11) is 0. The molecule has 0 aromatic heterocycles. The van der Waals surface area contributed by atoms with Crippen LogP contribution in [0.4, 0.5) is 0 Å². The Morgan fingerprint density at radius 3 is 2.61 bits per heavy atom. The number of hydrogen-bond donors (Lipinski definition) is 2. The lowest BCUT2D eigenvalue weighted by Gasteiger charge is -2.10. The first-order valence-electron chi connectivity index (χ1n) is 10.4. The minimum Gasteiger partial charge on any atom is -0.493 e. The summed E-state index contributed by atoms with van der Waals surface area (Å²) < 4.78 is 16.9. The van der Waals surface area contributed by atoms with Crippen molar-refractivity contribution >= 4 is 17.9 Å². The lowest BCUT2D eigenvalue weighted by molar-refractivity contribution is -0.128. The molecule has 1 atom stereocenters. The van der Waals surface area contributed by atoms with Crippen molar-refractivity contribution in [1.29, 1.82) is 0 Å². The van der Waals surface area contributed by atoms with E-state index in [1.54, 1.807) is 6.08 Å². The predicted molar refractivity (Wildman–Crippen MR) is 118 cm³/mol. The Labute approximate surface area is 182 Å². The third kappa shape index (κ3) is 6.25. The first kappa shape index (κ1) is 22.2. The molecule has 2 aromatic rings. The van der Waals surface area contributed by atoms with Crippen molar-refractivity contribution in [3.8, 4) is 17.2 Å². The highest BCUT2D eigenvalue weighted by Crippen LogP contribution is 2.35. The van der Waals surface area contributed by atoms with Crippen LogP contribution in [-0.4, -0.2) is 31.1 Å². The predicted octanol–water partition coefficient (Wildman–Crippen LogP) is 3.21. The molecule has 0 unspecified atom stereocenters. The lowest BCUT2D eigenvalue weighted by atomic mass is 10.1. The molecule has 1 heterocycles. The molecule has 0 bridgehead atoms. The highest BCUT2D eigenvalue weighted by Gasteiger charge is 2.21. The zero-order chi connectivity index (χ0) is 22.2. The van der Waals surface area contributed by atoms with E-state index in [-0.39, 0.29) is 12.7 Å². The minimum absolute atomic E-state index is 0.119. The number of hydrazine groups is 1. The van der Waals surface area contributed by atoms with Crippen LogP contribution in [0.1, 0.15) is 37.5 Å². The number of nitrogens with one attached hydrogen (secondary N) is 2. The highest BCUT2D eigenvalue weighted by atomic mass is 16.5. The molecule has 3 rings (SSSR count). The Morgan fingerprint density at radius 2 is 1.90 bits per heavy atom. The molecule has 164 valence electrons. The van der Waals surface area contributed by atoms with Gasteiger partial charge in [-0.1, -0.05) is 19.1 Å². The highest BCUT2D eigenvalue weighted by molar-refractivity contribution is 5.93. The van der Waals surface area contributed by atoms with Crippen molar-refractivity contribution in [2.24, 2.45) is 0 Å². The number of hydrogen-bond acceptors (Lipinski definition) is 5. The molecular weight excluding hydrogens is 396 g/mol. The quantitative estimate of drug-likeness (QED) is 0.502. The summed E-state index contributed by atoms with van der Waals surface area (Å²) in [6, 6.07) is 11.3. The van der Waals surface area contributed by atoms with Crippen LogP contribution < -0.4 is 25.1 Å². The largest absolute Gasteiger partial charge is 0.493 e. The van der Waals surface area contributed by atoms with E-state index in [1.165, 1.54) is 11.6 Å². The van der Waals surface area contributed by atoms with Gasteiger partial charge in [-0.2, -0.15) is 0 Å². The molecule has 0 saturated heterocycles. The van der Waals surface area contributed by atoms with E-state index in [4.69, 9.17) is 14.2 Å². The van der Waals surface area contributed by atoms with Gasteiger partial charge >= 0.3 is 0 Å². The average molecular weight is 424 g/mol. The molecule has 0 fully saturated rings. The van der Waals surface area contributed by atoms with Gasteiger partial charge in [-0.05, 0) is 56.2 Å². The normalized spacial score (nSPS) is 14.6. The Bertz CT molecular complexity index is 953. The maximum Gasteiger partial charge on any atom is 0.276 e. The van der Waals surface area contributed by atoms with Crippen LogP contribution in [0.15, 0.2) is 42.5 Å². The minimum atomic E-state index is -0.474. The van der Waals surface area contributed by atoms with E-state index in [0.717, 1.165) is 29.7 Å². The van der Waals surface area contributed by atoms with Gasteiger partial charge in [-0.15, -0.1) is 0 Å². The molecule has 7 heteroatoms. The molecular formula is C24H28N2O5. The van der Waals surface area contributed by atoms with Gasteiger partial charge in [0.05, 0.1) is 6.61 Å². The van der Waals surface area contributed by atoms with Gasteiger partial charge in [-0.25, -0.2) is 0 Å². The van der Waals surface area contributed by atoms with Crippen LogP contribution >= 0.6 is 0 Å². The SMILES string of the molecule is CCOc1cc2c(cc1/C=C/C(=O)NNC(=O)COc1ccc(CC)cc1)O[C@@H](C)C2. The van der Waals surface area contributed by atoms with Crippen LogP contribution in [0.2, 0.25) is 0 Å². The van der Waals surface area contributed by atoms with E-state index in [0.29, 0.717) is 18.1 Å². The monoisotopic (exact) mass is 424 g/mol. The molecule has 0 radical (unpaired) electrons. The van der Waals surface area contributed by atoms with Crippen molar-refractivity contribution in [1.82, 2.24) is 10.9 Å². The molecule has 0 saturated carbocycles. The van der Waals surface area contributed by atoms with Crippen molar-refractivity contribution in [2.75, 3.05) is 13.2 Å². The van der Waals surface area contributed by atoms with E-state index >= 15 is 0 Å². The van der Waals surface area contributed by atoms with Gasteiger partial charge in [-0.3, -0.25) is 20.4 Å². The van der Waals surface area contributed by atoms with Crippen LogP contribution in [0.3, 0.4) is 0 Å². The van der Waals surface area contributed by atoms with Gasteiger partial charge in [0.25, 0.3) is 11.8 Å². The van der Waals surface area contributed by atoms with Gasteiger partial charge in [0, 0.05) is 23.6 Å². The number of ether oxygens (including phenoxy) is 3. The summed E-state index contributed by atoms with van der Waals surface area (Å²) in [5.74, 6) is 1.15. The van der Waals surface area contributed by atoms with Crippen LogP contribution in [-0.2, 0) is 22.4 Å². The fraction of sp³-hybridized carbons (Fsp3) is 0.333. The zero-order valence-corrected chi connectivity index (χ0v) is 18.1. The lowest BCUT2D eigenvalue weighted by Crippen LogP contribution is -2.43. The topological polar surface area (TPSA) is 85.9 Å². The van der Waals surface area contributed by atoms with Crippen molar-refractivity contribution < 1.29 is 23.8 Å². The first-order valence-corrected chi connectivity index (χ1v) is 10.4. The smallest absolute Gasteiger partial charge is 0.276 e. The number of fused-ring (bicyclic) bond motifs is 1. The van der Waals surface area contributed by atoms with Crippen LogP contribution in [0, 0.1) is 0 Å². The van der Waals surface area contributed by atoms with Crippen molar-refractivity contribution in [3.05, 3.63) is 59.2 Å². The van der Waals surface area contributed by atoms with Gasteiger partial charge in [0.2, 0.25) is 0 Å². The molecule has 0 spiro atoms. The molecule has 1 aliphatic rings. The first-order chi connectivity index (χ1) is 15.0. The number of carbonyl (C=O) groups excluding carboxylic acids is 2. The summed E-state index contributed by atoms with van der Waals surface area (Å²) in [6.07, 6.45) is 4.84. The van der Waals surface area contributed by atoms with Gasteiger partial charge < -0.3 is 14.2 Å². The maximum absolute atomic E-state index is 12.1. The van der Waals surface area contributed by atoms with E-state index in [2.05, 4.69) is 17.8 Å². The van der Waals surface area contributed by atoms with E-state index in [1.807, 2.05) is 50.2 Å². The molecule has 31 heavy (non-hydrogen) atoms. The Morgan fingerprint density at radius 1 is 1.13 bits per heavy atom. The molecule has 0 aliphatic carbocycles. The Kier molecular flexibility index (Phi) is 7.54. The summed E-state index contributed by atoms with van der Waals surface area (Å²) >= 11 is 0. The summed E-state index contributed by atoms with van der Waals surface area (Å²) in [5, 5.41) is 0. The number of benzene rings is 2. The molecule has 7 nitrogen and oxygen atoms in total. The Balaban J connectivity index is 1.51. The Hall–Kier alpha value is -3.48. The van der Waals surface area contributed by atoms with Crippen molar-refractivity contribution in [2.45, 2.75) is 39.7 Å². The van der Waals surface area contributed by atoms with Crippen molar-refractivity contribution in [3.63, 3.8) is 0 Å². The van der Waals surface area contributed by atoms with Crippen LogP contribution in [0.25, 0.3) is 6.08 Å². The number of rotatable bonds is 8. The maximum atomic E-state index is 12.1. The number of aryl methyl sites for hydroxylation is 1. The third-order valence-corrected chi connectivity index (χ3v) is 4.77. The second-order valence-electron chi connectivity index (χ2n) is 7.22. The second-order valence-corrected chi connectivity index (χ2v) is 7.22. The second kappa shape index (κ2) is 10.5. The summed E-state index contributed by atoms with van der Waals surface area (Å²) in [4.78, 5) is 24.0. The van der Waals surface area contributed by atoms with E-state index in [9.17, 15) is 9.59 Å². The average Bonchev–Trinajstić information content (AvgIpc) is 3.13. The third-order valence-electron chi connectivity index (χ3n) is 4.77. The molecule has 1 aliphatic heterocycles.